The maximum Gasteiger partial charge on any atom is 0.261 e. The Bertz CT molecular complexity index is 1060. The predicted molar refractivity (Wildman–Crippen MR) is 98.4 cm³/mol. The molecule has 2 heterocycles. The third-order valence-corrected chi connectivity index (χ3v) is 6.35. The second-order valence-electron chi connectivity index (χ2n) is 6.55. The Balaban J connectivity index is 1.57. The molecule has 2 aromatic rings. The molecule has 0 radical (unpaired) electrons. The van der Waals surface area contributed by atoms with Crippen LogP contribution < -0.4 is 16.4 Å². The first-order valence-electron chi connectivity index (χ1n) is 8.50. The van der Waals surface area contributed by atoms with Crippen molar-refractivity contribution in [2.24, 2.45) is 13.0 Å². The summed E-state index contributed by atoms with van der Waals surface area (Å²) in [6.07, 6.45) is 0.491. The van der Waals surface area contributed by atoms with E-state index in [1.54, 1.807) is 31.3 Å². The fourth-order valence-corrected chi connectivity index (χ4v) is 4.75. The molecule has 0 aliphatic carbocycles. The van der Waals surface area contributed by atoms with Crippen LogP contribution in [0.3, 0.4) is 0 Å². The zero-order valence-electron chi connectivity index (χ0n) is 14.8. The zero-order valence-corrected chi connectivity index (χ0v) is 15.6. The van der Waals surface area contributed by atoms with Crippen LogP contribution in [0, 0.1) is 5.92 Å². The van der Waals surface area contributed by atoms with Crippen LogP contribution >= 0.6 is 0 Å². The molecule has 2 amide bonds. The number of hydrazine groups is 1. The molecule has 1 atom stereocenters. The molecule has 0 spiro atoms. The number of hydrogen-bond acceptors (Lipinski definition) is 6. The number of sulfone groups is 1. The lowest BCUT2D eigenvalue weighted by atomic mass is 10.1. The fraction of sp³-hybridized carbons (Fsp3) is 0.412. The van der Waals surface area contributed by atoms with Gasteiger partial charge in [0, 0.05) is 19.9 Å². The molecule has 0 unspecified atom stereocenters. The van der Waals surface area contributed by atoms with Gasteiger partial charge >= 0.3 is 0 Å². The van der Waals surface area contributed by atoms with Gasteiger partial charge in [-0.15, -0.1) is 0 Å². The molecular formula is C17H20N4O5S. The second-order valence-corrected chi connectivity index (χ2v) is 8.78. The largest absolute Gasteiger partial charge is 0.299 e. The Morgan fingerprint density at radius 3 is 2.70 bits per heavy atom. The molecule has 10 heteroatoms. The van der Waals surface area contributed by atoms with Crippen molar-refractivity contribution < 1.29 is 18.0 Å². The third kappa shape index (κ3) is 4.33. The van der Waals surface area contributed by atoms with Crippen molar-refractivity contribution >= 4 is 32.6 Å². The van der Waals surface area contributed by atoms with E-state index >= 15 is 0 Å². The van der Waals surface area contributed by atoms with E-state index in [1.807, 2.05) is 0 Å². The van der Waals surface area contributed by atoms with Crippen LogP contribution in [0.4, 0.5) is 0 Å². The third-order valence-electron chi connectivity index (χ3n) is 4.58. The number of carbonyl (C=O) groups is 2. The number of aromatic nitrogens is 2. The Kier molecular flexibility index (Phi) is 5.26. The predicted octanol–water partition coefficient (Wildman–Crippen LogP) is -0.552. The first-order chi connectivity index (χ1) is 12.8. The minimum atomic E-state index is -3.17. The van der Waals surface area contributed by atoms with E-state index in [-0.39, 0.29) is 36.3 Å². The van der Waals surface area contributed by atoms with Crippen LogP contribution in [0.25, 0.3) is 10.9 Å². The lowest BCUT2D eigenvalue weighted by molar-refractivity contribution is -0.130. The van der Waals surface area contributed by atoms with Gasteiger partial charge in [0.2, 0.25) is 11.8 Å². The molecule has 9 nitrogen and oxygen atoms in total. The van der Waals surface area contributed by atoms with Gasteiger partial charge in [0.1, 0.15) is 5.82 Å². The molecule has 0 saturated carbocycles. The molecule has 3 rings (SSSR count). The lowest BCUT2D eigenvalue weighted by Gasteiger charge is -2.11. The monoisotopic (exact) mass is 392 g/mol. The smallest absolute Gasteiger partial charge is 0.261 e. The van der Waals surface area contributed by atoms with E-state index in [0.29, 0.717) is 16.7 Å². The molecule has 1 saturated heterocycles. The SMILES string of the molecule is Cn1c(CCC(=O)NNC(=O)[C@H]2CCS(=O)(=O)C2)nc2ccccc2c1=O. The van der Waals surface area contributed by atoms with Gasteiger partial charge in [-0.2, -0.15) is 0 Å². The first-order valence-corrected chi connectivity index (χ1v) is 10.3. The van der Waals surface area contributed by atoms with E-state index in [0.717, 1.165) is 0 Å². The van der Waals surface area contributed by atoms with Gasteiger partial charge in [-0.3, -0.25) is 29.8 Å². The standard InChI is InChI=1S/C17H20N4O5S/c1-21-14(18-13-5-3-2-4-12(13)17(21)24)6-7-15(22)19-20-16(23)11-8-9-27(25,26)10-11/h2-5,11H,6-10H2,1H3,(H,19,22)(H,20,23)/t11-/m0/s1. The maximum atomic E-state index is 12.3. The van der Waals surface area contributed by atoms with E-state index in [1.165, 1.54) is 4.57 Å². The number of amides is 2. The van der Waals surface area contributed by atoms with Gasteiger partial charge in [-0.1, -0.05) is 12.1 Å². The number of aryl methyl sites for hydroxylation is 1. The number of nitrogens with zero attached hydrogens (tertiary/aromatic N) is 2. The minimum Gasteiger partial charge on any atom is -0.299 e. The van der Waals surface area contributed by atoms with Crippen LogP contribution in [-0.4, -0.2) is 41.3 Å². The van der Waals surface area contributed by atoms with Crippen molar-refractivity contribution in [2.45, 2.75) is 19.3 Å². The number of benzene rings is 1. The molecule has 1 aromatic carbocycles. The molecule has 1 fully saturated rings. The number of fused-ring (bicyclic) bond motifs is 1. The molecule has 0 bridgehead atoms. The van der Waals surface area contributed by atoms with Crippen LogP contribution in [-0.2, 0) is 32.9 Å². The molecule has 1 aliphatic rings. The average molecular weight is 392 g/mol. The van der Waals surface area contributed by atoms with E-state index in [9.17, 15) is 22.8 Å². The Morgan fingerprint density at radius 1 is 1.26 bits per heavy atom. The van der Waals surface area contributed by atoms with E-state index < -0.39 is 27.6 Å². The minimum absolute atomic E-state index is 0.0132. The average Bonchev–Trinajstić information content (AvgIpc) is 3.01. The highest BCUT2D eigenvalue weighted by Crippen LogP contribution is 2.18. The van der Waals surface area contributed by atoms with Crippen molar-refractivity contribution in [3.63, 3.8) is 0 Å². The summed E-state index contributed by atoms with van der Waals surface area (Å²) < 4.78 is 24.2. The highest BCUT2D eigenvalue weighted by molar-refractivity contribution is 7.91. The van der Waals surface area contributed by atoms with Crippen LogP contribution in [0.1, 0.15) is 18.7 Å². The zero-order chi connectivity index (χ0) is 19.6. The number of para-hydroxylation sites is 1. The summed E-state index contributed by atoms with van der Waals surface area (Å²) in [4.78, 5) is 40.6. The number of carbonyl (C=O) groups excluding carboxylic acids is 2. The molecule has 27 heavy (non-hydrogen) atoms. The molecule has 2 N–H and O–H groups in total. The van der Waals surface area contributed by atoms with Gasteiger partial charge in [0.05, 0.1) is 28.3 Å². The quantitative estimate of drug-likeness (QED) is 0.672. The molecular weight excluding hydrogens is 372 g/mol. The maximum absolute atomic E-state index is 12.3. The summed E-state index contributed by atoms with van der Waals surface area (Å²) in [5, 5.41) is 0.506. The number of hydrogen-bond donors (Lipinski definition) is 2. The number of nitrogens with one attached hydrogen (secondary N) is 2. The van der Waals surface area contributed by atoms with Crippen LogP contribution in [0.2, 0.25) is 0 Å². The van der Waals surface area contributed by atoms with Crippen molar-refractivity contribution in [1.29, 1.82) is 0 Å². The normalized spacial score (nSPS) is 18.3. The lowest BCUT2D eigenvalue weighted by Crippen LogP contribution is -2.45. The number of rotatable bonds is 4. The second kappa shape index (κ2) is 7.47. The topological polar surface area (TPSA) is 127 Å². The Labute approximate surface area is 155 Å². The first kappa shape index (κ1) is 19.0. The molecule has 1 aliphatic heterocycles. The highest BCUT2D eigenvalue weighted by atomic mass is 32.2. The van der Waals surface area contributed by atoms with Gasteiger partial charge < -0.3 is 0 Å². The van der Waals surface area contributed by atoms with Gasteiger partial charge in [-0.05, 0) is 18.6 Å². The molecule has 1 aromatic heterocycles. The highest BCUT2D eigenvalue weighted by Gasteiger charge is 2.33. The Hall–Kier alpha value is -2.75. The summed E-state index contributed by atoms with van der Waals surface area (Å²) in [6.45, 7) is 0. The summed E-state index contributed by atoms with van der Waals surface area (Å²) >= 11 is 0. The van der Waals surface area contributed by atoms with Crippen molar-refractivity contribution in [3.8, 4) is 0 Å². The van der Waals surface area contributed by atoms with Crippen molar-refractivity contribution in [2.75, 3.05) is 11.5 Å². The summed E-state index contributed by atoms with van der Waals surface area (Å²) in [7, 11) is -1.57. The van der Waals surface area contributed by atoms with Gasteiger partial charge in [0.15, 0.2) is 9.84 Å². The van der Waals surface area contributed by atoms with E-state index in [2.05, 4.69) is 15.8 Å². The van der Waals surface area contributed by atoms with Crippen LogP contribution in [0.5, 0.6) is 0 Å². The van der Waals surface area contributed by atoms with E-state index in [4.69, 9.17) is 0 Å². The summed E-state index contributed by atoms with van der Waals surface area (Å²) in [5.74, 6) is -1.36. The summed E-state index contributed by atoms with van der Waals surface area (Å²) in [6, 6.07) is 6.97. The molecule has 144 valence electrons. The fourth-order valence-electron chi connectivity index (χ4n) is 3.01. The van der Waals surface area contributed by atoms with Crippen molar-refractivity contribution in [3.05, 3.63) is 40.4 Å². The van der Waals surface area contributed by atoms with Gasteiger partial charge in [0.25, 0.3) is 5.56 Å². The van der Waals surface area contributed by atoms with Crippen molar-refractivity contribution in [1.82, 2.24) is 20.4 Å². The Morgan fingerprint density at radius 2 is 2.00 bits per heavy atom. The van der Waals surface area contributed by atoms with Crippen LogP contribution in [0.15, 0.2) is 29.1 Å². The van der Waals surface area contributed by atoms with Gasteiger partial charge in [-0.25, -0.2) is 13.4 Å². The summed E-state index contributed by atoms with van der Waals surface area (Å²) in [5.41, 5.74) is 4.92.